The number of hydrogen-bond donors (Lipinski definition) is 1. The van der Waals surface area contributed by atoms with Gasteiger partial charge in [0, 0.05) is 15.4 Å². The van der Waals surface area contributed by atoms with Crippen LogP contribution in [0.5, 0.6) is 0 Å². The minimum absolute atomic E-state index is 0.254. The minimum atomic E-state index is -0.756. The number of thiophene rings is 1. The molecule has 0 aliphatic rings. The van der Waals surface area contributed by atoms with E-state index in [-0.39, 0.29) is 11.5 Å². The van der Waals surface area contributed by atoms with Crippen LogP contribution in [-0.2, 0) is 4.79 Å². The number of nitrogens with one attached hydrogen (secondary N) is 1. The number of carbonyl (C=O) groups is 1. The molecule has 0 spiro atoms. The molecule has 146 valence electrons. The summed E-state index contributed by atoms with van der Waals surface area (Å²) in [5.41, 5.74) is 1.97. The quantitative estimate of drug-likeness (QED) is 0.398. The lowest BCUT2D eigenvalue weighted by Crippen LogP contribution is -2.31. The number of benzene rings is 2. The Morgan fingerprint density at radius 3 is 2.66 bits per heavy atom. The number of carbonyl (C=O) groups excluding carboxylic acids is 1. The smallest absolute Gasteiger partial charge is 0.263 e. The predicted octanol–water partition coefficient (Wildman–Crippen LogP) is 5.74. The third-order valence-corrected chi connectivity index (χ3v) is 6.35. The fourth-order valence-corrected chi connectivity index (χ4v) is 4.34. The number of halogens is 2. The van der Waals surface area contributed by atoms with Gasteiger partial charge in [0.25, 0.3) is 5.56 Å². The Kier molecular flexibility index (Phi) is 5.54. The van der Waals surface area contributed by atoms with Crippen molar-refractivity contribution in [1.82, 2.24) is 9.55 Å². The van der Waals surface area contributed by atoms with Gasteiger partial charge in [-0.2, -0.15) is 0 Å². The first-order valence-corrected chi connectivity index (χ1v) is 10.8. The van der Waals surface area contributed by atoms with Crippen LogP contribution in [0, 0.1) is 0 Å². The first kappa shape index (κ1) is 19.8. The van der Waals surface area contributed by atoms with Crippen molar-refractivity contribution in [3.05, 3.63) is 80.1 Å². The van der Waals surface area contributed by atoms with Crippen LogP contribution in [0.15, 0.2) is 69.5 Å². The number of fused-ring (bicyclic) bond motifs is 1. The standard InChI is InChI=1S/C21H15BrClN3O2S/c1-12(19(27)25-17-5-3-2-4-16(17)23)26-11-24-20-18(21(26)28)15(10-29-20)13-6-8-14(22)9-7-13/h2-12H,1H3,(H,25,27). The minimum Gasteiger partial charge on any atom is -0.323 e. The molecule has 0 saturated heterocycles. The molecule has 1 unspecified atom stereocenters. The predicted molar refractivity (Wildman–Crippen MR) is 122 cm³/mol. The summed E-state index contributed by atoms with van der Waals surface area (Å²) in [5, 5.41) is 5.63. The molecule has 2 aromatic carbocycles. The number of para-hydroxylation sites is 1. The summed E-state index contributed by atoms with van der Waals surface area (Å²) in [4.78, 5) is 31.0. The first-order valence-electron chi connectivity index (χ1n) is 8.75. The molecular weight excluding hydrogens is 474 g/mol. The number of nitrogens with zero attached hydrogens (tertiary/aromatic N) is 2. The van der Waals surface area contributed by atoms with Gasteiger partial charge in [0.1, 0.15) is 10.9 Å². The maximum Gasteiger partial charge on any atom is 0.263 e. The summed E-state index contributed by atoms with van der Waals surface area (Å²) in [6.07, 6.45) is 1.42. The number of anilines is 1. The zero-order valence-corrected chi connectivity index (χ0v) is 18.4. The average molecular weight is 489 g/mol. The van der Waals surface area contributed by atoms with E-state index in [1.807, 2.05) is 29.6 Å². The van der Waals surface area contributed by atoms with Crippen molar-refractivity contribution in [2.24, 2.45) is 0 Å². The molecular formula is C21H15BrClN3O2S. The second kappa shape index (κ2) is 8.10. The van der Waals surface area contributed by atoms with E-state index >= 15 is 0 Å². The van der Waals surface area contributed by atoms with E-state index in [0.29, 0.717) is 20.9 Å². The summed E-state index contributed by atoms with van der Waals surface area (Å²) in [6, 6.07) is 13.9. The lowest BCUT2D eigenvalue weighted by molar-refractivity contribution is -0.118. The zero-order chi connectivity index (χ0) is 20.5. The number of aromatic nitrogens is 2. The van der Waals surface area contributed by atoms with Gasteiger partial charge in [-0.15, -0.1) is 11.3 Å². The number of amides is 1. The van der Waals surface area contributed by atoms with Crippen molar-refractivity contribution in [3.63, 3.8) is 0 Å². The molecule has 0 bridgehead atoms. The molecule has 29 heavy (non-hydrogen) atoms. The highest BCUT2D eigenvalue weighted by Gasteiger charge is 2.21. The largest absolute Gasteiger partial charge is 0.323 e. The summed E-state index contributed by atoms with van der Waals surface area (Å²) < 4.78 is 2.31. The van der Waals surface area contributed by atoms with Gasteiger partial charge in [-0.05, 0) is 36.8 Å². The average Bonchev–Trinajstić information content (AvgIpc) is 3.15. The Morgan fingerprint density at radius 1 is 1.21 bits per heavy atom. The van der Waals surface area contributed by atoms with Gasteiger partial charge >= 0.3 is 0 Å². The van der Waals surface area contributed by atoms with Crippen molar-refractivity contribution in [2.75, 3.05) is 5.32 Å². The van der Waals surface area contributed by atoms with Gasteiger partial charge in [-0.1, -0.05) is 51.8 Å². The van der Waals surface area contributed by atoms with E-state index in [9.17, 15) is 9.59 Å². The monoisotopic (exact) mass is 487 g/mol. The van der Waals surface area contributed by atoms with Crippen molar-refractivity contribution in [3.8, 4) is 11.1 Å². The van der Waals surface area contributed by atoms with Crippen molar-refractivity contribution < 1.29 is 4.79 Å². The molecule has 2 aromatic heterocycles. The third kappa shape index (κ3) is 3.85. The lowest BCUT2D eigenvalue weighted by Gasteiger charge is -2.15. The fourth-order valence-electron chi connectivity index (χ4n) is 2.99. The Labute approximate surface area is 184 Å². The Balaban J connectivity index is 1.72. The van der Waals surface area contributed by atoms with Gasteiger partial charge in [0.15, 0.2) is 0 Å². The van der Waals surface area contributed by atoms with E-state index < -0.39 is 6.04 Å². The van der Waals surface area contributed by atoms with Gasteiger partial charge in [0.05, 0.1) is 22.4 Å². The summed E-state index contributed by atoms with van der Waals surface area (Å²) >= 11 is 10.9. The molecule has 5 nitrogen and oxygen atoms in total. The van der Waals surface area contributed by atoms with Gasteiger partial charge in [0.2, 0.25) is 5.91 Å². The number of rotatable bonds is 4. The van der Waals surface area contributed by atoms with Crippen molar-refractivity contribution in [1.29, 1.82) is 0 Å². The summed E-state index contributed by atoms with van der Waals surface area (Å²) in [5.74, 6) is -0.346. The molecule has 0 fully saturated rings. The molecule has 0 radical (unpaired) electrons. The fraction of sp³-hybridized carbons (Fsp3) is 0.0952. The van der Waals surface area contributed by atoms with E-state index in [2.05, 4.69) is 26.2 Å². The van der Waals surface area contributed by atoms with E-state index in [4.69, 9.17) is 11.6 Å². The lowest BCUT2D eigenvalue weighted by atomic mass is 10.1. The highest BCUT2D eigenvalue weighted by molar-refractivity contribution is 9.10. The molecule has 4 aromatic rings. The van der Waals surface area contributed by atoms with Crippen LogP contribution in [-0.4, -0.2) is 15.5 Å². The maximum absolute atomic E-state index is 13.2. The van der Waals surface area contributed by atoms with E-state index in [1.54, 1.807) is 31.2 Å². The Morgan fingerprint density at radius 2 is 1.93 bits per heavy atom. The normalized spacial score (nSPS) is 12.1. The van der Waals surface area contributed by atoms with Gasteiger partial charge in [-0.3, -0.25) is 14.2 Å². The maximum atomic E-state index is 13.2. The molecule has 4 rings (SSSR count). The Hall–Kier alpha value is -2.48. The summed E-state index contributed by atoms with van der Waals surface area (Å²) in [6.45, 7) is 1.66. The van der Waals surface area contributed by atoms with Crippen LogP contribution >= 0.6 is 38.9 Å². The summed E-state index contributed by atoms with van der Waals surface area (Å²) in [7, 11) is 0. The molecule has 8 heteroatoms. The van der Waals surface area contributed by atoms with Crippen LogP contribution in [0.3, 0.4) is 0 Å². The van der Waals surface area contributed by atoms with Gasteiger partial charge in [-0.25, -0.2) is 4.98 Å². The molecule has 0 aliphatic heterocycles. The van der Waals surface area contributed by atoms with Crippen LogP contribution < -0.4 is 10.9 Å². The second-order valence-corrected chi connectivity index (χ2v) is 8.62. The SMILES string of the molecule is CC(C(=O)Nc1ccccc1Cl)n1cnc2scc(-c3ccc(Br)cc3)c2c1=O. The van der Waals surface area contributed by atoms with Gasteiger partial charge < -0.3 is 5.32 Å². The third-order valence-electron chi connectivity index (χ3n) is 4.60. The first-order chi connectivity index (χ1) is 14.0. The topological polar surface area (TPSA) is 64.0 Å². The molecule has 2 heterocycles. The molecule has 0 aliphatic carbocycles. The molecule has 1 atom stereocenters. The van der Waals surface area contributed by atoms with Crippen LogP contribution in [0.25, 0.3) is 21.3 Å². The second-order valence-electron chi connectivity index (χ2n) is 6.44. The van der Waals surface area contributed by atoms with Crippen LogP contribution in [0.2, 0.25) is 5.02 Å². The highest BCUT2D eigenvalue weighted by atomic mass is 79.9. The molecule has 1 amide bonds. The van der Waals surface area contributed by atoms with Crippen molar-refractivity contribution in [2.45, 2.75) is 13.0 Å². The Bertz CT molecular complexity index is 1270. The molecule has 1 N–H and O–H groups in total. The number of hydrogen-bond acceptors (Lipinski definition) is 4. The van der Waals surface area contributed by atoms with Crippen LogP contribution in [0.4, 0.5) is 5.69 Å². The zero-order valence-electron chi connectivity index (χ0n) is 15.2. The van der Waals surface area contributed by atoms with E-state index in [0.717, 1.165) is 15.6 Å². The van der Waals surface area contributed by atoms with Crippen LogP contribution in [0.1, 0.15) is 13.0 Å². The molecule has 0 saturated carbocycles. The van der Waals surface area contributed by atoms with E-state index in [1.165, 1.54) is 22.2 Å². The van der Waals surface area contributed by atoms with Crippen molar-refractivity contribution >= 4 is 60.7 Å². The highest BCUT2D eigenvalue weighted by Crippen LogP contribution is 2.31.